The smallest absolute Gasteiger partial charge is 0.459 e. The fourth-order valence-corrected chi connectivity index (χ4v) is 5.33. The van der Waals surface area contributed by atoms with E-state index in [1.54, 1.807) is 32.0 Å². The molecule has 0 spiro atoms. The van der Waals surface area contributed by atoms with Crippen LogP contribution in [0.3, 0.4) is 0 Å². The van der Waals surface area contributed by atoms with E-state index in [0.717, 1.165) is 6.33 Å². The Hall–Kier alpha value is -3.37. The van der Waals surface area contributed by atoms with Crippen LogP contribution in [0.5, 0.6) is 5.75 Å². The summed E-state index contributed by atoms with van der Waals surface area (Å²) in [5, 5.41) is 24.0. The summed E-state index contributed by atoms with van der Waals surface area (Å²) in [6.07, 6.45) is -4.07. The molecule has 39 heavy (non-hydrogen) atoms. The number of nitrogens with zero attached hydrogens (tertiary/aromatic N) is 3. The summed E-state index contributed by atoms with van der Waals surface area (Å²) in [6.45, 7) is 3.94. The molecule has 0 bridgehead atoms. The number of nitrogens with two attached hydrogens (primary N) is 2. The number of fused-ring (bicyclic) bond motifs is 1. The van der Waals surface area contributed by atoms with Gasteiger partial charge in [0.2, 0.25) is 5.95 Å². The molecule has 3 heterocycles. The molecule has 1 fully saturated rings. The van der Waals surface area contributed by atoms with Gasteiger partial charge >= 0.3 is 13.7 Å². The number of carbonyl (C=O) groups excluding carboxylic acids is 1. The van der Waals surface area contributed by atoms with Crippen molar-refractivity contribution in [2.24, 2.45) is 5.73 Å². The van der Waals surface area contributed by atoms with Crippen LogP contribution < -0.4 is 26.6 Å². The normalized spacial score (nSPS) is 25.5. The number of nitrogen functional groups attached to an aromatic ring is 1. The van der Waals surface area contributed by atoms with E-state index in [1.165, 1.54) is 23.6 Å². The zero-order chi connectivity index (χ0) is 28.5. The molecule has 17 heteroatoms. The molecule has 212 valence electrons. The quantitative estimate of drug-likeness (QED) is 0.137. The highest BCUT2D eigenvalue weighted by Crippen LogP contribution is 2.47. The number of benzene rings is 1. The number of aromatic nitrogens is 4. The first kappa shape index (κ1) is 28.6. The maximum absolute atomic E-state index is 13.7. The number of hydrogen-bond donors (Lipinski definition) is 6. The lowest BCUT2D eigenvalue weighted by Gasteiger charge is -2.30. The van der Waals surface area contributed by atoms with Gasteiger partial charge in [0.15, 0.2) is 23.1 Å². The molecule has 4 rings (SSSR count). The molecule has 0 amide bonds. The Morgan fingerprint density at radius 3 is 2.67 bits per heavy atom. The molecule has 3 aromatic rings. The minimum Gasteiger partial charge on any atom is -0.462 e. The number of para-hydroxylation sites is 1. The lowest BCUT2D eigenvalue weighted by atomic mass is 10.1. The van der Waals surface area contributed by atoms with Gasteiger partial charge in [-0.3, -0.25) is 29.4 Å². The number of ether oxygens (including phenoxy) is 2. The Labute approximate surface area is 221 Å². The molecule has 2 unspecified atom stereocenters. The van der Waals surface area contributed by atoms with Crippen molar-refractivity contribution in [2.75, 3.05) is 12.3 Å². The maximum atomic E-state index is 13.7. The van der Waals surface area contributed by atoms with Gasteiger partial charge in [0.25, 0.3) is 5.56 Å². The summed E-state index contributed by atoms with van der Waals surface area (Å²) in [4.78, 5) is 34.7. The number of aliphatic hydroxyl groups excluding tert-OH is 2. The number of rotatable bonds is 10. The largest absolute Gasteiger partial charge is 0.462 e. The second-order valence-corrected chi connectivity index (χ2v) is 10.9. The topological polar surface area (TPSA) is 239 Å². The SMILES string of the molecule is CC(C)OC(=O)C(C)NP(=O)(OC[C@@]1(N)O[C@@H](n2cnc3c(=O)[nH]c(N)nc32)[C@H](O)[C@@H]1O)Oc1ccccc1. The summed E-state index contributed by atoms with van der Waals surface area (Å²) in [5.74, 6) is -0.775. The van der Waals surface area contributed by atoms with Crippen LogP contribution in [0.2, 0.25) is 0 Å². The third-order valence-corrected chi connectivity index (χ3v) is 7.29. The van der Waals surface area contributed by atoms with Crippen LogP contribution in [0.25, 0.3) is 11.2 Å². The second-order valence-electron chi connectivity index (χ2n) is 9.19. The molecule has 0 radical (unpaired) electrons. The van der Waals surface area contributed by atoms with Gasteiger partial charge < -0.3 is 29.9 Å². The van der Waals surface area contributed by atoms with E-state index in [9.17, 15) is 24.4 Å². The third kappa shape index (κ3) is 6.12. The number of hydrogen-bond acceptors (Lipinski definition) is 13. The Morgan fingerprint density at radius 2 is 2.00 bits per heavy atom. The zero-order valence-corrected chi connectivity index (χ0v) is 22.1. The van der Waals surface area contributed by atoms with Gasteiger partial charge in [-0.25, -0.2) is 9.55 Å². The van der Waals surface area contributed by atoms with Gasteiger partial charge in [-0.05, 0) is 32.9 Å². The van der Waals surface area contributed by atoms with Crippen molar-refractivity contribution in [3.05, 3.63) is 47.0 Å². The molecule has 0 aliphatic carbocycles. The first-order chi connectivity index (χ1) is 18.3. The predicted octanol–water partition coefficient (Wildman–Crippen LogP) is -0.259. The molecule has 1 aromatic carbocycles. The molecular formula is C22H30N7O9P. The van der Waals surface area contributed by atoms with Gasteiger partial charge in [0.05, 0.1) is 12.4 Å². The van der Waals surface area contributed by atoms with Crippen LogP contribution in [0, 0.1) is 0 Å². The first-order valence-corrected chi connectivity index (χ1v) is 13.4. The highest BCUT2D eigenvalue weighted by molar-refractivity contribution is 7.52. The van der Waals surface area contributed by atoms with Crippen LogP contribution in [0.15, 0.2) is 41.5 Å². The highest BCUT2D eigenvalue weighted by atomic mass is 31.2. The average molecular weight is 567 g/mol. The molecule has 6 atom stereocenters. The standard InChI is InChI=1S/C22H30N7O9P/c1-11(2)36-20(33)12(3)28-39(34,38-13-7-5-4-6-8-13)35-9-22(24)16(31)15(30)19(37-22)29-10-25-14-17(29)26-21(23)27-18(14)32/h4-8,10-12,15-16,19,30-31H,9,24H2,1-3H3,(H,28,34)(H3,23,26,27,32)/t12?,15-,16+,19-,22-,39?/m1/s1. The van der Waals surface area contributed by atoms with Crippen molar-refractivity contribution in [2.45, 2.75) is 57.1 Å². The predicted molar refractivity (Wildman–Crippen MR) is 136 cm³/mol. The van der Waals surface area contributed by atoms with Crippen molar-refractivity contribution in [1.82, 2.24) is 24.6 Å². The van der Waals surface area contributed by atoms with E-state index in [-0.39, 0.29) is 22.9 Å². The van der Waals surface area contributed by atoms with Crippen LogP contribution in [0.1, 0.15) is 27.0 Å². The zero-order valence-electron chi connectivity index (χ0n) is 21.3. The number of carbonyl (C=O) groups is 1. The molecule has 16 nitrogen and oxygen atoms in total. The van der Waals surface area contributed by atoms with Crippen LogP contribution >= 0.6 is 7.75 Å². The van der Waals surface area contributed by atoms with Crippen LogP contribution in [-0.4, -0.2) is 72.4 Å². The number of imidazole rings is 1. The second kappa shape index (κ2) is 11.0. The lowest BCUT2D eigenvalue weighted by molar-refractivity contribution is -0.149. The van der Waals surface area contributed by atoms with Crippen molar-refractivity contribution < 1.29 is 38.1 Å². The van der Waals surface area contributed by atoms with E-state index < -0.39 is 62.2 Å². The van der Waals surface area contributed by atoms with Crippen molar-refractivity contribution in [3.63, 3.8) is 0 Å². The van der Waals surface area contributed by atoms with Crippen LogP contribution in [-0.2, 0) is 23.4 Å². The Kier molecular flexibility index (Phi) is 8.09. The molecule has 1 saturated heterocycles. The molecule has 1 aliphatic rings. The summed E-state index contributed by atoms with van der Waals surface area (Å²) < 4.78 is 36.9. The van der Waals surface area contributed by atoms with Gasteiger partial charge in [-0.15, -0.1) is 0 Å². The van der Waals surface area contributed by atoms with E-state index in [2.05, 4.69) is 20.0 Å². The number of aromatic amines is 1. The van der Waals surface area contributed by atoms with Gasteiger partial charge in [-0.2, -0.15) is 10.1 Å². The van der Waals surface area contributed by atoms with E-state index in [1.807, 2.05) is 0 Å². The van der Waals surface area contributed by atoms with Gasteiger partial charge in [-0.1, -0.05) is 18.2 Å². The molecular weight excluding hydrogens is 537 g/mol. The fourth-order valence-electron chi connectivity index (χ4n) is 3.80. The van der Waals surface area contributed by atoms with E-state index in [0.29, 0.717) is 0 Å². The molecule has 2 aromatic heterocycles. The van der Waals surface area contributed by atoms with Crippen LogP contribution in [0.4, 0.5) is 5.95 Å². The molecule has 8 N–H and O–H groups in total. The Morgan fingerprint density at radius 1 is 1.31 bits per heavy atom. The highest BCUT2D eigenvalue weighted by Gasteiger charge is 2.54. The van der Waals surface area contributed by atoms with E-state index >= 15 is 0 Å². The average Bonchev–Trinajstić information content (AvgIpc) is 3.38. The van der Waals surface area contributed by atoms with Gasteiger partial charge in [0, 0.05) is 0 Å². The molecule has 0 saturated carbocycles. The number of H-pyrrole nitrogens is 1. The number of aliphatic hydroxyl groups is 2. The third-order valence-electron chi connectivity index (χ3n) is 5.67. The monoisotopic (exact) mass is 567 g/mol. The summed E-state index contributed by atoms with van der Waals surface area (Å²) in [5.41, 5.74) is 8.99. The van der Waals surface area contributed by atoms with E-state index in [4.69, 9.17) is 30.0 Å². The first-order valence-electron chi connectivity index (χ1n) is 11.8. The Bertz CT molecular complexity index is 1430. The van der Waals surface area contributed by atoms with Crippen molar-refractivity contribution >= 4 is 30.8 Å². The number of nitrogens with one attached hydrogen (secondary N) is 2. The molecule has 1 aliphatic heterocycles. The summed E-state index contributed by atoms with van der Waals surface area (Å²) in [6, 6.07) is 6.87. The summed E-state index contributed by atoms with van der Waals surface area (Å²) >= 11 is 0. The van der Waals surface area contributed by atoms with Crippen molar-refractivity contribution in [3.8, 4) is 5.75 Å². The van der Waals surface area contributed by atoms with Gasteiger partial charge in [0.1, 0.15) is 30.6 Å². The minimum atomic E-state index is -4.37. The fraction of sp³-hybridized carbons (Fsp3) is 0.455. The van der Waals surface area contributed by atoms with Crippen molar-refractivity contribution in [1.29, 1.82) is 0 Å². The number of anilines is 1. The number of esters is 1. The Balaban J connectivity index is 1.57. The maximum Gasteiger partial charge on any atom is 0.459 e. The summed E-state index contributed by atoms with van der Waals surface area (Å²) in [7, 11) is -4.37. The lowest BCUT2D eigenvalue weighted by Crippen LogP contribution is -2.54. The minimum absolute atomic E-state index is 0.0325.